The third-order valence-corrected chi connectivity index (χ3v) is 6.72. The molecule has 3 rings (SSSR count). The van der Waals surface area contributed by atoms with Crippen molar-refractivity contribution in [2.75, 3.05) is 13.1 Å². The number of amides is 1. The second-order valence-electron chi connectivity index (χ2n) is 5.16. The molecule has 114 valence electrons. The van der Waals surface area contributed by atoms with Crippen LogP contribution >= 0.6 is 22.9 Å². The maximum Gasteiger partial charge on any atom is 0.263 e. The molecule has 21 heavy (non-hydrogen) atoms. The van der Waals surface area contributed by atoms with E-state index in [2.05, 4.69) is 10.3 Å². The molecule has 1 aliphatic rings. The molecule has 1 fully saturated rings. The van der Waals surface area contributed by atoms with Crippen LogP contribution in [0.25, 0.3) is 4.96 Å². The number of piperazine rings is 1. The molecule has 1 aliphatic heterocycles. The van der Waals surface area contributed by atoms with Gasteiger partial charge in [0, 0.05) is 24.7 Å². The van der Waals surface area contributed by atoms with Gasteiger partial charge in [0.25, 0.3) is 10.0 Å². The Morgan fingerprint density at radius 3 is 2.90 bits per heavy atom. The predicted molar refractivity (Wildman–Crippen MR) is 79.1 cm³/mol. The zero-order valence-corrected chi connectivity index (χ0v) is 13.7. The lowest BCUT2D eigenvalue weighted by molar-refractivity contribution is -0.131. The van der Waals surface area contributed by atoms with Crippen LogP contribution in [0.2, 0.25) is 5.15 Å². The maximum atomic E-state index is 12.9. The van der Waals surface area contributed by atoms with E-state index < -0.39 is 15.6 Å². The molecule has 7 nitrogen and oxygen atoms in total. The van der Waals surface area contributed by atoms with Crippen LogP contribution in [-0.2, 0) is 14.8 Å². The smallest absolute Gasteiger partial charge is 0.263 e. The number of rotatable bonds is 2. The van der Waals surface area contributed by atoms with Crippen molar-refractivity contribution in [2.24, 2.45) is 0 Å². The number of sulfonamides is 1. The molecule has 0 saturated carbocycles. The van der Waals surface area contributed by atoms with Crippen LogP contribution in [0, 0.1) is 0 Å². The standard InChI is InChI=1S/C11H13ClN4O3S2/c1-11(2)9(17)13-3-4-16(11)21(18,19)8-7(12)14-10-15(8)5-6-20-10/h5-6H,3-4H2,1-2H3,(H,13,17). The van der Waals surface area contributed by atoms with Crippen LogP contribution < -0.4 is 5.32 Å². The second-order valence-corrected chi connectivity index (χ2v) is 8.16. The summed E-state index contributed by atoms with van der Waals surface area (Å²) in [6, 6.07) is 0. The van der Waals surface area contributed by atoms with E-state index in [0.29, 0.717) is 4.96 Å². The van der Waals surface area contributed by atoms with Gasteiger partial charge < -0.3 is 5.32 Å². The molecule has 10 heteroatoms. The van der Waals surface area contributed by atoms with Crippen molar-refractivity contribution in [1.29, 1.82) is 0 Å². The lowest BCUT2D eigenvalue weighted by atomic mass is 10.0. The number of hydrogen-bond acceptors (Lipinski definition) is 5. The van der Waals surface area contributed by atoms with Gasteiger partial charge in [-0.15, -0.1) is 11.3 Å². The molecule has 3 heterocycles. The van der Waals surface area contributed by atoms with Crippen molar-refractivity contribution in [3.63, 3.8) is 0 Å². The average Bonchev–Trinajstić information content (AvgIpc) is 2.91. The topological polar surface area (TPSA) is 83.8 Å². The molecule has 0 unspecified atom stereocenters. The van der Waals surface area contributed by atoms with Crippen LogP contribution in [0.3, 0.4) is 0 Å². The summed E-state index contributed by atoms with van der Waals surface area (Å²) in [4.78, 5) is 16.5. The number of nitrogens with zero attached hydrogens (tertiary/aromatic N) is 3. The summed E-state index contributed by atoms with van der Waals surface area (Å²) >= 11 is 7.30. The van der Waals surface area contributed by atoms with Crippen molar-refractivity contribution >= 4 is 43.8 Å². The van der Waals surface area contributed by atoms with E-state index in [1.165, 1.54) is 20.0 Å². The SMILES string of the molecule is CC1(C)C(=O)NCCN1S(=O)(=O)c1c(Cl)nc2sccn12. The van der Waals surface area contributed by atoms with Crippen molar-refractivity contribution in [2.45, 2.75) is 24.4 Å². The molecule has 0 spiro atoms. The summed E-state index contributed by atoms with van der Waals surface area (Å²) in [6.07, 6.45) is 1.60. The molecule has 1 amide bonds. The first-order valence-electron chi connectivity index (χ1n) is 6.18. The van der Waals surface area contributed by atoms with Gasteiger partial charge in [-0.1, -0.05) is 11.6 Å². The summed E-state index contributed by atoms with van der Waals surface area (Å²) in [5.41, 5.74) is -1.18. The van der Waals surface area contributed by atoms with Gasteiger partial charge in [-0.3, -0.25) is 9.20 Å². The Hall–Kier alpha value is -1.16. The fraction of sp³-hybridized carbons (Fsp3) is 0.455. The van der Waals surface area contributed by atoms with E-state index in [0.717, 1.165) is 0 Å². The van der Waals surface area contributed by atoms with Crippen molar-refractivity contribution in [3.05, 3.63) is 16.7 Å². The Morgan fingerprint density at radius 1 is 1.48 bits per heavy atom. The second kappa shape index (κ2) is 4.67. The fourth-order valence-electron chi connectivity index (χ4n) is 2.37. The van der Waals surface area contributed by atoms with E-state index in [1.807, 2.05) is 0 Å². The molecule has 2 aromatic rings. The van der Waals surface area contributed by atoms with Crippen molar-refractivity contribution in [3.8, 4) is 0 Å². The molecule has 0 radical (unpaired) electrons. The molecule has 0 atom stereocenters. The first-order valence-corrected chi connectivity index (χ1v) is 8.88. The van der Waals surface area contributed by atoms with Crippen LogP contribution in [-0.4, -0.2) is 46.6 Å². The predicted octanol–water partition coefficient (Wildman–Crippen LogP) is 0.948. The molecular weight excluding hydrogens is 336 g/mol. The molecule has 1 saturated heterocycles. The minimum atomic E-state index is -3.94. The molecule has 0 aliphatic carbocycles. The molecule has 1 N–H and O–H groups in total. The number of thiazole rings is 1. The van der Waals surface area contributed by atoms with Gasteiger partial charge in [0.2, 0.25) is 5.91 Å². The highest BCUT2D eigenvalue weighted by molar-refractivity contribution is 7.89. The third-order valence-electron chi connectivity index (χ3n) is 3.49. The Labute approximate surface area is 130 Å². The highest BCUT2D eigenvalue weighted by atomic mass is 35.5. The largest absolute Gasteiger partial charge is 0.353 e. The summed E-state index contributed by atoms with van der Waals surface area (Å²) in [7, 11) is -3.94. The summed E-state index contributed by atoms with van der Waals surface area (Å²) < 4.78 is 28.5. The fourth-order valence-corrected chi connectivity index (χ4v) is 5.54. The van der Waals surface area contributed by atoms with Gasteiger partial charge in [-0.25, -0.2) is 13.4 Å². The van der Waals surface area contributed by atoms with E-state index >= 15 is 0 Å². The number of aromatic nitrogens is 2. The lowest BCUT2D eigenvalue weighted by Gasteiger charge is -2.39. The van der Waals surface area contributed by atoms with Gasteiger partial charge >= 0.3 is 0 Å². The summed E-state index contributed by atoms with van der Waals surface area (Å²) in [5.74, 6) is -0.334. The number of fused-ring (bicyclic) bond motifs is 1. The first-order chi connectivity index (χ1) is 9.76. The van der Waals surface area contributed by atoms with Crippen LogP contribution in [0.4, 0.5) is 0 Å². The zero-order chi connectivity index (χ0) is 15.4. The number of carbonyl (C=O) groups is 1. The quantitative estimate of drug-likeness (QED) is 0.875. The van der Waals surface area contributed by atoms with Crippen LogP contribution in [0.15, 0.2) is 16.6 Å². The molecule has 0 aromatic carbocycles. The number of nitrogens with one attached hydrogen (secondary N) is 1. The van der Waals surface area contributed by atoms with Gasteiger partial charge in [0.15, 0.2) is 15.1 Å². The minimum absolute atomic E-state index is 0.0800. The van der Waals surface area contributed by atoms with Crippen LogP contribution in [0.1, 0.15) is 13.8 Å². The first kappa shape index (κ1) is 14.8. The number of imidazole rings is 1. The van der Waals surface area contributed by atoms with Crippen molar-refractivity contribution in [1.82, 2.24) is 19.0 Å². The average molecular weight is 349 g/mol. The van der Waals surface area contributed by atoms with Crippen molar-refractivity contribution < 1.29 is 13.2 Å². The maximum absolute atomic E-state index is 12.9. The Morgan fingerprint density at radius 2 is 2.19 bits per heavy atom. The molecular formula is C11H13ClN4O3S2. The Kier molecular flexibility index (Phi) is 3.28. The highest BCUT2D eigenvalue weighted by Gasteiger charge is 2.46. The highest BCUT2D eigenvalue weighted by Crippen LogP contribution is 2.32. The number of halogens is 1. The van der Waals surface area contributed by atoms with Gasteiger partial charge in [-0.2, -0.15) is 4.31 Å². The van der Waals surface area contributed by atoms with Gasteiger partial charge in [-0.05, 0) is 13.8 Å². The monoisotopic (exact) mass is 348 g/mol. The van der Waals surface area contributed by atoms with E-state index in [4.69, 9.17) is 11.6 Å². The zero-order valence-electron chi connectivity index (χ0n) is 11.3. The third kappa shape index (κ3) is 2.07. The van der Waals surface area contributed by atoms with Gasteiger partial charge in [0.1, 0.15) is 5.54 Å². The number of carbonyl (C=O) groups excluding carboxylic acids is 1. The molecule has 2 aromatic heterocycles. The van der Waals surface area contributed by atoms with Crippen LogP contribution in [0.5, 0.6) is 0 Å². The van der Waals surface area contributed by atoms with Gasteiger partial charge in [0.05, 0.1) is 0 Å². The summed E-state index contributed by atoms with van der Waals surface area (Å²) in [6.45, 7) is 3.59. The number of hydrogen-bond donors (Lipinski definition) is 1. The molecule has 0 bridgehead atoms. The van der Waals surface area contributed by atoms with E-state index in [1.54, 1.807) is 25.4 Å². The normalized spacial score (nSPS) is 19.9. The van der Waals surface area contributed by atoms with E-state index in [-0.39, 0.29) is 29.2 Å². The minimum Gasteiger partial charge on any atom is -0.353 e. The summed E-state index contributed by atoms with van der Waals surface area (Å²) in [5, 5.41) is 4.22. The Bertz CT molecular complexity index is 824. The Balaban J connectivity index is 2.18. The lowest BCUT2D eigenvalue weighted by Crippen LogP contribution is -2.63. The van der Waals surface area contributed by atoms with E-state index in [9.17, 15) is 13.2 Å².